The van der Waals surface area contributed by atoms with E-state index in [1.807, 2.05) is 6.07 Å². The second-order valence-electron chi connectivity index (χ2n) is 4.61. The number of nitrogens with zero attached hydrogens (tertiary/aromatic N) is 2. The predicted octanol–water partition coefficient (Wildman–Crippen LogP) is 1.64. The van der Waals surface area contributed by atoms with Crippen LogP contribution in [0.1, 0.15) is 23.3 Å². The molecule has 0 aromatic carbocycles. The highest BCUT2D eigenvalue weighted by Crippen LogP contribution is 2.23. The fourth-order valence-corrected chi connectivity index (χ4v) is 2.40. The third kappa shape index (κ3) is 2.98. The van der Waals surface area contributed by atoms with Crippen molar-refractivity contribution < 1.29 is 14.6 Å². The standard InChI is InChI=1S/C13H18N2O3/c1-18-9-10-3-2-6-15(8-10)11-4-5-14-12(7-11)13(16)17/h4-5,7,10H,2-3,6,8-9H2,1H3,(H,16,17). The highest BCUT2D eigenvalue weighted by atomic mass is 16.5. The first-order chi connectivity index (χ1) is 8.70. The van der Waals surface area contributed by atoms with E-state index < -0.39 is 5.97 Å². The Morgan fingerprint density at radius 3 is 3.22 bits per heavy atom. The van der Waals surface area contributed by atoms with Crippen molar-refractivity contribution >= 4 is 11.7 Å². The lowest BCUT2D eigenvalue weighted by Crippen LogP contribution is -2.37. The number of ether oxygens (including phenoxy) is 1. The number of aromatic nitrogens is 1. The van der Waals surface area contributed by atoms with Crippen molar-refractivity contribution in [1.29, 1.82) is 0 Å². The predicted molar refractivity (Wildman–Crippen MR) is 68.0 cm³/mol. The van der Waals surface area contributed by atoms with Gasteiger partial charge in [-0.2, -0.15) is 0 Å². The number of hydrogen-bond donors (Lipinski definition) is 1. The summed E-state index contributed by atoms with van der Waals surface area (Å²) in [5.41, 5.74) is 1.03. The lowest BCUT2D eigenvalue weighted by Gasteiger charge is -2.34. The van der Waals surface area contributed by atoms with Crippen LogP contribution in [0, 0.1) is 5.92 Å². The van der Waals surface area contributed by atoms with Gasteiger partial charge in [0, 0.05) is 32.1 Å². The van der Waals surface area contributed by atoms with Crippen molar-refractivity contribution in [3.8, 4) is 0 Å². The van der Waals surface area contributed by atoms with Crippen molar-refractivity contribution in [1.82, 2.24) is 4.98 Å². The Bertz CT molecular complexity index is 420. The van der Waals surface area contributed by atoms with Gasteiger partial charge < -0.3 is 14.7 Å². The quantitative estimate of drug-likeness (QED) is 0.880. The zero-order valence-electron chi connectivity index (χ0n) is 10.5. The fourth-order valence-electron chi connectivity index (χ4n) is 2.40. The van der Waals surface area contributed by atoms with Crippen LogP contribution in [-0.4, -0.2) is 42.9 Å². The summed E-state index contributed by atoms with van der Waals surface area (Å²) in [7, 11) is 1.72. The smallest absolute Gasteiger partial charge is 0.354 e. The Hall–Kier alpha value is -1.62. The lowest BCUT2D eigenvalue weighted by molar-refractivity contribution is 0.0690. The van der Waals surface area contributed by atoms with E-state index in [1.54, 1.807) is 19.4 Å². The Labute approximate surface area is 106 Å². The van der Waals surface area contributed by atoms with Crippen LogP contribution >= 0.6 is 0 Å². The molecule has 0 amide bonds. The molecule has 2 heterocycles. The average molecular weight is 250 g/mol. The number of carboxylic acid groups (broad SMARTS) is 1. The van der Waals surface area contributed by atoms with Gasteiger partial charge >= 0.3 is 5.97 Å². The molecule has 0 saturated carbocycles. The summed E-state index contributed by atoms with van der Waals surface area (Å²) < 4.78 is 5.19. The molecule has 1 aromatic heterocycles. The summed E-state index contributed by atoms with van der Waals surface area (Å²) in [4.78, 5) is 16.9. The number of anilines is 1. The number of pyridine rings is 1. The number of carbonyl (C=O) groups is 1. The van der Waals surface area contributed by atoms with Crippen molar-refractivity contribution in [2.75, 3.05) is 31.7 Å². The SMILES string of the molecule is COCC1CCCN(c2ccnc(C(=O)O)c2)C1. The van der Waals surface area contributed by atoms with Gasteiger partial charge in [0.05, 0.1) is 6.61 Å². The highest BCUT2D eigenvalue weighted by molar-refractivity contribution is 5.86. The van der Waals surface area contributed by atoms with Crippen LogP contribution in [0.15, 0.2) is 18.3 Å². The van der Waals surface area contributed by atoms with Gasteiger partial charge in [0.2, 0.25) is 0 Å². The first-order valence-electron chi connectivity index (χ1n) is 6.14. The highest BCUT2D eigenvalue weighted by Gasteiger charge is 2.20. The maximum atomic E-state index is 10.9. The molecule has 1 atom stereocenters. The van der Waals surface area contributed by atoms with Gasteiger partial charge in [0.15, 0.2) is 0 Å². The first-order valence-corrected chi connectivity index (χ1v) is 6.14. The molecule has 1 aliphatic heterocycles. The lowest BCUT2D eigenvalue weighted by atomic mass is 9.98. The second-order valence-corrected chi connectivity index (χ2v) is 4.61. The summed E-state index contributed by atoms with van der Waals surface area (Å²) in [5, 5.41) is 8.94. The van der Waals surface area contributed by atoms with E-state index in [-0.39, 0.29) is 5.69 Å². The van der Waals surface area contributed by atoms with Crippen LogP contribution in [0.25, 0.3) is 0 Å². The molecule has 98 valence electrons. The van der Waals surface area contributed by atoms with Crippen molar-refractivity contribution in [2.45, 2.75) is 12.8 Å². The zero-order chi connectivity index (χ0) is 13.0. The van der Waals surface area contributed by atoms with Crippen molar-refractivity contribution in [3.05, 3.63) is 24.0 Å². The Kier molecular flexibility index (Phi) is 4.15. The molecule has 1 saturated heterocycles. The molecule has 1 N–H and O–H groups in total. The molecule has 1 aliphatic rings. The maximum Gasteiger partial charge on any atom is 0.354 e. The molecule has 0 spiro atoms. The molecule has 0 radical (unpaired) electrons. The van der Waals surface area contributed by atoms with Gasteiger partial charge in [-0.1, -0.05) is 0 Å². The molecule has 1 aromatic rings. The van der Waals surface area contributed by atoms with E-state index >= 15 is 0 Å². The first kappa shape index (κ1) is 12.8. The Morgan fingerprint density at radius 1 is 1.67 bits per heavy atom. The summed E-state index contributed by atoms with van der Waals surface area (Å²) >= 11 is 0. The van der Waals surface area contributed by atoms with Crippen LogP contribution in [0.3, 0.4) is 0 Å². The van der Waals surface area contributed by atoms with Crippen molar-refractivity contribution in [2.24, 2.45) is 5.92 Å². The van der Waals surface area contributed by atoms with E-state index in [1.165, 1.54) is 6.42 Å². The number of hydrogen-bond acceptors (Lipinski definition) is 4. The normalized spacial score (nSPS) is 19.8. The van der Waals surface area contributed by atoms with Gasteiger partial charge in [-0.15, -0.1) is 0 Å². The maximum absolute atomic E-state index is 10.9. The molecule has 0 aliphatic carbocycles. The summed E-state index contributed by atoms with van der Waals surface area (Å²) in [5.74, 6) is -0.465. The second kappa shape index (κ2) is 5.82. The number of carboxylic acids is 1. The van der Waals surface area contributed by atoms with E-state index in [2.05, 4.69) is 9.88 Å². The van der Waals surface area contributed by atoms with E-state index in [0.29, 0.717) is 5.92 Å². The summed E-state index contributed by atoms with van der Waals surface area (Å²) in [6.45, 7) is 2.63. The largest absolute Gasteiger partial charge is 0.477 e. The zero-order valence-corrected chi connectivity index (χ0v) is 10.5. The van der Waals surface area contributed by atoms with Crippen LogP contribution < -0.4 is 4.90 Å². The molecule has 2 rings (SSSR count). The minimum Gasteiger partial charge on any atom is -0.477 e. The topological polar surface area (TPSA) is 62.7 Å². The molecule has 5 heteroatoms. The Balaban J connectivity index is 2.10. The molecular formula is C13H18N2O3. The minimum atomic E-state index is -0.984. The number of rotatable bonds is 4. The molecule has 0 bridgehead atoms. The Morgan fingerprint density at radius 2 is 2.50 bits per heavy atom. The van der Waals surface area contributed by atoms with E-state index in [0.717, 1.165) is 31.8 Å². The van der Waals surface area contributed by atoms with Gasteiger partial charge in [0.25, 0.3) is 0 Å². The van der Waals surface area contributed by atoms with E-state index in [4.69, 9.17) is 9.84 Å². The minimum absolute atomic E-state index is 0.0985. The monoisotopic (exact) mass is 250 g/mol. The van der Waals surface area contributed by atoms with Crippen LogP contribution in [0.4, 0.5) is 5.69 Å². The van der Waals surface area contributed by atoms with Gasteiger partial charge in [-0.3, -0.25) is 0 Å². The summed E-state index contributed by atoms with van der Waals surface area (Å²) in [6, 6.07) is 3.50. The molecular weight excluding hydrogens is 232 g/mol. The molecule has 1 fully saturated rings. The molecule has 1 unspecified atom stereocenters. The third-order valence-corrected chi connectivity index (χ3v) is 3.25. The van der Waals surface area contributed by atoms with Gasteiger partial charge in [-0.05, 0) is 30.9 Å². The van der Waals surface area contributed by atoms with Crippen LogP contribution in [0.2, 0.25) is 0 Å². The van der Waals surface area contributed by atoms with Gasteiger partial charge in [-0.25, -0.2) is 9.78 Å². The molecule has 18 heavy (non-hydrogen) atoms. The fraction of sp³-hybridized carbons (Fsp3) is 0.538. The third-order valence-electron chi connectivity index (χ3n) is 3.25. The summed E-state index contributed by atoms with van der Waals surface area (Å²) in [6.07, 6.45) is 3.83. The van der Waals surface area contributed by atoms with Crippen LogP contribution in [-0.2, 0) is 4.74 Å². The van der Waals surface area contributed by atoms with Gasteiger partial charge in [0.1, 0.15) is 5.69 Å². The molecule has 5 nitrogen and oxygen atoms in total. The van der Waals surface area contributed by atoms with Crippen LogP contribution in [0.5, 0.6) is 0 Å². The number of aromatic carboxylic acids is 1. The average Bonchev–Trinajstić information content (AvgIpc) is 2.39. The number of methoxy groups -OCH3 is 1. The van der Waals surface area contributed by atoms with E-state index in [9.17, 15) is 4.79 Å². The van der Waals surface area contributed by atoms with Crippen molar-refractivity contribution in [3.63, 3.8) is 0 Å². The number of piperidine rings is 1.